The maximum absolute atomic E-state index is 9.49. The highest BCUT2D eigenvalue weighted by Crippen LogP contribution is 2.18. The molecular formula is C15H18N2O. The number of anilines is 1. The number of aliphatic hydroxyl groups excluding tert-OH is 1. The van der Waals surface area contributed by atoms with Gasteiger partial charge in [0.2, 0.25) is 0 Å². The number of aryl methyl sites for hydroxylation is 1. The van der Waals surface area contributed by atoms with Crippen LogP contribution in [0.2, 0.25) is 0 Å². The number of pyridine rings is 1. The number of rotatable bonds is 4. The molecule has 0 aliphatic carbocycles. The number of nitrogens with zero attached hydrogens (tertiary/aromatic N) is 1. The fourth-order valence-electron chi connectivity index (χ4n) is 1.79. The first-order valence-corrected chi connectivity index (χ1v) is 6.09. The molecule has 2 N–H and O–H groups in total. The number of nitrogens with one attached hydrogen (secondary N) is 1. The Labute approximate surface area is 108 Å². The van der Waals surface area contributed by atoms with Crippen LogP contribution >= 0.6 is 0 Å². The van der Waals surface area contributed by atoms with Crippen molar-refractivity contribution < 1.29 is 5.11 Å². The zero-order valence-electron chi connectivity index (χ0n) is 10.7. The molecule has 2 rings (SSSR count). The van der Waals surface area contributed by atoms with Crippen molar-refractivity contribution in [1.82, 2.24) is 4.98 Å². The normalized spacial score (nSPS) is 12.2. The third kappa shape index (κ3) is 3.08. The van der Waals surface area contributed by atoms with Crippen LogP contribution in [0.4, 0.5) is 5.82 Å². The molecule has 0 aliphatic heterocycles. The van der Waals surface area contributed by atoms with Crippen LogP contribution in [-0.4, -0.2) is 10.1 Å². The lowest BCUT2D eigenvalue weighted by Gasteiger charge is -2.11. The molecule has 3 heteroatoms. The SMILES string of the molecule is Cc1cc(C(C)O)cnc1NCc1ccccc1. The lowest BCUT2D eigenvalue weighted by Crippen LogP contribution is -2.04. The van der Waals surface area contributed by atoms with E-state index in [-0.39, 0.29) is 0 Å². The molecule has 0 bridgehead atoms. The van der Waals surface area contributed by atoms with Gasteiger partial charge >= 0.3 is 0 Å². The van der Waals surface area contributed by atoms with Gasteiger partial charge in [0.05, 0.1) is 6.10 Å². The Morgan fingerprint density at radius 2 is 2.00 bits per heavy atom. The van der Waals surface area contributed by atoms with E-state index in [9.17, 15) is 5.11 Å². The van der Waals surface area contributed by atoms with Crippen LogP contribution in [0.5, 0.6) is 0 Å². The van der Waals surface area contributed by atoms with E-state index < -0.39 is 6.10 Å². The average molecular weight is 242 g/mol. The summed E-state index contributed by atoms with van der Waals surface area (Å²) in [5.74, 6) is 0.864. The lowest BCUT2D eigenvalue weighted by molar-refractivity contribution is 0.199. The van der Waals surface area contributed by atoms with Gasteiger partial charge in [0, 0.05) is 12.7 Å². The second-order valence-electron chi connectivity index (χ2n) is 4.45. The maximum atomic E-state index is 9.49. The quantitative estimate of drug-likeness (QED) is 0.866. The van der Waals surface area contributed by atoms with Gasteiger partial charge in [-0.05, 0) is 36.6 Å². The summed E-state index contributed by atoms with van der Waals surface area (Å²) in [7, 11) is 0. The van der Waals surface area contributed by atoms with Crippen LogP contribution < -0.4 is 5.32 Å². The topological polar surface area (TPSA) is 45.2 Å². The highest BCUT2D eigenvalue weighted by Gasteiger charge is 2.05. The number of benzene rings is 1. The second kappa shape index (κ2) is 5.65. The van der Waals surface area contributed by atoms with Crippen molar-refractivity contribution >= 4 is 5.82 Å². The van der Waals surface area contributed by atoms with Gasteiger partial charge in [-0.15, -0.1) is 0 Å². The van der Waals surface area contributed by atoms with Crippen LogP contribution in [0.3, 0.4) is 0 Å². The van der Waals surface area contributed by atoms with Gasteiger partial charge < -0.3 is 10.4 Å². The summed E-state index contributed by atoms with van der Waals surface area (Å²) in [4.78, 5) is 4.34. The molecule has 0 radical (unpaired) electrons. The average Bonchev–Trinajstić information content (AvgIpc) is 2.38. The zero-order valence-corrected chi connectivity index (χ0v) is 10.7. The van der Waals surface area contributed by atoms with E-state index in [2.05, 4.69) is 22.4 Å². The van der Waals surface area contributed by atoms with Gasteiger partial charge in [0.1, 0.15) is 5.82 Å². The Bertz CT molecular complexity index is 509. The number of aromatic nitrogens is 1. The van der Waals surface area contributed by atoms with Crippen LogP contribution in [0.25, 0.3) is 0 Å². The molecule has 94 valence electrons. The van der Waals surface area contributed by atoms with E-state index >= 15 is 0 Å². The predicted molar refractivity (Wildman–Crippen MR) is 73.4 cm³/mol. The summed E-state index contributed by atoms with van der Waals surface area (Å²) in [5.41, 5.74) is 3.11. The van der Waals surface area contributed by atoms with Gasteiger partial charge in [-0.3, -0.25) is 0 Å². The van der Waals surface area contributed by atoms with Crippen molar-refractivity contribution in [2.45, 2.75) is 26.5 Å². The molecular weight excluding hydrogens is 224 g/mol. The molecule has 1 aromatic heterocycles. The van der Waals surface area contributed by atoms with Gasteiger partial charge in [-0.1, -0.05) is 30.3 Å². The first kappa shape index (κ1) is 12.6. The van der Waals surface area contributed by atoms with Crippen molar-refractivity contribution in [3.8, 4) is 0 Å². The first-order chi connectivity index (χ1) is 8.66. The highest BCUT2D eigenvalue weighted by molar-refractivity contribution is 5.45. The highest BCUT2D eigenvalue weighted by atomic mass is 16.3. The molecule has 1 aromatic carbocycles. The van der Waals surface area contributed by atoms with Crippen molar-refractivity contribution in [2.75, 3.05) is 5.32 Å². The van der Waals surface area contributed by atoms with Crippen LogP contribution in [0.15, 0.2) is 42.6 Å². The van der Waals surface area contributed by atoms with Crippen LogP contribution in [-0.2, 0) is 6.54 Å². The smallest absolute Gasteiger partial charge is 0.129 e. The first-order valence-electron chi connectivity index (χ1n) is 6.09. The maximum Gasteiger partial charge on any atom is 0.129 e. The molecule has 0 saturated carbocycles. The Morgan fingerprint density at radius 3 is 2.61 bits per heavy atom. The van der Waals surface area contributed by atoms with E-state index in [0.717, 1.165) is 23.5 Å². The third-order valence-corrected chi connectivity index (χ3v) is 2.88. The summed E-state index contributed by atoms with van der Waals surface area (Å²) >= 11 is 0. The molecule has 1 heterocycles. The van der Waals surface area contributed by atoms with E-state index in [0.29, 0.717) is 0 Å². The Morgan fingerprint density at radius 1 is 1.28 bits per heavy atom. The molecule has 0 spiro atoms. The predicted octanol–water partition coefficient (Wildman–Crippen LogP) is 3.06. The summed E-state index contributed by atoms with van der Waals surface area (Å²) in [5, 5.41) is 12.8. The molecule has 2 aromatic rings. The molecule has 0 amide bonds. The largest absolute Gasteiger partial charge is 0.389 e. The summed E-state index contributed by atoms with van der Waals surface area (Å²) in [6, 6.07) is 12.2. The minimum atomic E-state index is -0.473. The van der Waals surface area contributed by atoms with E-state index in [4.69, 9.17) is 0 Å². The molecule has 0 aliphatic rings. The van der Waals surface area contributed by atoms with Gasteiger partial charge in [0.25, 0.3) is 0 Å². The van der Waals surface area contributed by atoms with E-state index in [1.54, 1.807) is 13.1 Å². The number of aliphatic hydroxyl groups is 1. The summed E-state index contributed by atoms with van der Waals surface area (Å²) in [6.07, 6.45) is 1.24. The van der Waals surface area contributed by atoms with Crippen molar-refractivity contribution in [2.24, 2.45) is 0 Å². The summed E-state index contributed by atoms with van der Waals surface area (Å²) in [6.45, 7) is 4.49. The van der Waals surface area contributed by atoms with Gasteiger partial charge in [-0.25, -0.2) is 4.98 Å². The lowest BCUT2D eigenvalue weighted by atomic mass is 10.1. The number of hydrogen-bond donors (Lipinski definition) is 2. The van der Waals surface area contributed by atoms with E-state index in [1.807, 2.05) is 31.2 Å². The molecule has 0 fully saturated rings. The van der Waals surface area contributed by atoms with Crippen molar-refractivity contribution in [3.05, 3.63) is 59.3 Å². The monoisotopic (exact) mass is 242 g/mol. The van der Waals surface area contributed by atoms with Gasteiger partial charge in [0.15, 0.2) is 0 Å². The second-order valence-corrected chi connectivity index (χ2v) is 4.45. The van der Waals surface area contributed by atoms with E-state index in [1.165, 1.54) is 5.56 Å². The minimum absolute atomic E-state index is 0.473. The van der Waals surface area contributed by atoms with Crippen LogP contribution in [0, 0.1) is 6.92 Å². The van der Waals surface area contributed by atoms with Gasteiger partial charge in [-0.2, -0.15) is 0 Å². The molecule has 18 heavy (non-hydrogen) atoms. The fraction of sp³-hybridized carbons (Fsp3) is 0.267. The molecule has 1 unspecified atom stereocenters. The molecule has 0 saturated heterocycles. The Kier molecular flexibility index (Phi) is 3.95. The standard InChI is InChI=1S/C15H18N2O/c1-11-8-14(12(2)18)10-17-15(11)16-9-13-6-4-3-5-7-13/h3-8,10,12,18H,9H2,1-2H3,(H,16,17). The van der Waals surface area contributed by atoms with Crippen molar-refractivity contribution in [1.29, 1.82) is 0 Å². The summed E-state index contributed by atoms with van der Waals surface area (Å²) < 4.78 is 0. The zero-order chi connectivity index (χ0) is 13.0. The minimum Gasteiger partial charge on any atom is -0.389 e. The Hall–Kier alpha value is -1.87. The molecule has 3 nitrogen and oxygen atoms in total. The number of hydrogen-bond acceptors (Lipinski definition) is 3. The fourth-order valence-corrected chi connectivity index (χ4v) is 1.79. The third-order valence-electron chi connectivity index (χ3n) is 2.88. The molecule has 1 atom stereocenters. The van der Waals surface area contributed by atoms with Crippen molar-refractivity contribution in [3.63, 3.8) is 0 Å². The Balaban J connectivity index is 2.06. The van der Waals surface area contributed by atoms with Crippen LogP contribution in [0.1, 0.15) is 29.7 Å².